The first-order chi connectivity index (χ1) is 36.6. The van der Waals surface area contributed by atoms with Gasteiger partial charge in [-0.3, -0.25) is 14.4 Å². The van der Waals surface area contributed by atoms with E-state index in [0.29, 0.717) is 86.2 Å². The van der Waals surface area contributed by atoms with E-state index < -0.39 is 55.0 Å². The van der Waals surface area contributed by atoms with E-state index >= 15 is 0 Å². The first kappa shape index (κ1) is 63.5. The SMILES string of the molecule is CCCNC(=S)OC(CSC(=O)c1ccc(OC)cc1)Cn1c(=O)n(CC(CSC(=O)c2ccc(OC)cc2)OC(=S)CC)c(=O)n(CC(CSC(=O)c2ccc(OC)cc2)OC(=S)CCCOCCOCCC)c1=O. The summed E-state index contributed by atoms with van der Waals surface area (Å²) in [6.45, 7) is 6.54. The molecule has 1 aromatic heterocycles. The zero-order chi connectivity index (χ0) is 55.4. The maximum absolute atomic E-state index is 14.9. The molecule has 0 spiro atoms. The highest BCUT2D eigenvalue weighted by molar-refractivity contribution is 8.14. The van der Waals surface area contributed by atoms with Crippen LogP contribution in [0, 0.1) is 0 Å². The maximum Gasteiger partial charge on any atom is 0.336 e. The van der Waals surface area contributed by atoms with Crippen molar-refractivity contribution in [3.8, 4) is 17.2 Å². The summed E-state index contributed by atoms with van der Waals surface area (Å²) >= 11 is 19.3. The van der Waals surface area contributed by atoms with E-state index in [1.54, 1.807) is 79.7 Å². The van der Waals surface area contributed by atoms with Crippen LogP contribution in [0.4, 0.5) is 0 Å². The highest BCUT2D eigenvalue weighted by atomic mass is 32.2. The summed E-state index contributed by atoms with van der Waals surface area (Å²) in [7, 11) is 4.53. The number of thiocarbonyl (C=S) groups is 3. The van der Waals surface area contributed by atoms with Gasteiger partial charge in [0.05, 0.1) is 54.2 Å². The van der Waals surface area contributed by atoms with Gasteiger partial charge in [-0.25, -0.2) is 28.1 Å². The van der Waals surface area contributed by atoms with E-state index in [2.05, 4.69) is 5.32 Å². The molecular weight excluding hydrogens is 1100 g/mol. The molecule has 3 atom stereocenters. The van der Waals surface area contributed by atoms with Gasteiger partial charge in [0.25, 0.3) is 5.17 Å². The van der Waals surface area contributed by atoms with Crippen molar-refractivity contribution in [3.05, 3.63) is 121 Å². The third-order valence-electron chi connectivity index (χ3n) is 10.8. The second-order valence-electron chi connectivity index (χ2n) is 16.5. The Morgan fingerprint density at radius 1 is 0.513 bits per heavy atom. The van der Waals surface area contributed by atoms with Gasteiger partial charge >= 0.3 is 17.1 Å². The van der Waals surface area contributed by atoms with E-state index in [1.165, 1.54) is 21.3 Å². The van der Waals surface area contributed by atoms with E-state index in [4.69, 9.17) is 74.5 Å². The second kappa shape index (κ2) is 34.6. The Hall–Kier alpha value is -5.08. The number of methoxy groups -OCH3 is 3. The minimum absolute atomic E-state index is 0.0399. The molecule has 414 valence electrons. The van der Waals surface area contributed by atoms with Crippen molar-refractivity contribution in [3.63, 3.8) is 0 Å². The molecule has 3 unspecified atom stereocenters. The lowest BCUT2D eigenvalue weighted by Gasteiger charge is -2.24. The van der Waals surface area contributed by atoms with Gasteiger partial charge in [-0.2, -0.15) is 0 Å². The molecule has 0 amide bonds. The van der Waals surface area contributed by atoms with Gasteiger partial charge in [0.1, 0.15) is 35.6 Å². The molecule has 24 heteroatoms. The number of aromatic nitrogens is 3. The lowest BCUT2D eigenvalue weighted by atomic mass is 10.2. The zero-order valence-corrected chi connectivity index (χ0v) is 48.4. The third-order valence-corrected chi connectivity index (χ3v) is 14.8. The number of hydrogen-bond acceptors (Lipinski definition) is 20. The summed E-state index contributed by atoms with van der Waals surface area (Å²) in [6.07, 6.45) is -0.598. The van der Waals surface area contributed by atoms with Crippen LogP contribution in [0.1, 0.15) is 83.9 Å². The van der Waals surface area contributed by atoms with Gasteiger partial charge in [0.15, 0.2) is 10.1 Å². The largest absolute Gasteiger partial charge is 0.497 e. The Morgan fingerprint density at radius 2 is 0.882 bits per heavy atom. The monoisotopic (exact) mass is 1160 g/mol. The summed E-state index contributed by atoms with van der Waals surface area (Å²) in [5.74, 6) is 1.42. The van der Waals surface area contributed by atoms with E-state index in [1.807, 2.05) is 13.8 Å². The number of rotatable bonds is 33. The van der Waals surface area contributed by atoms with Crippen LogP contribution in [0.25, 0.3) is 0 Å². The predicted molar refractivity (Wildman–Crippen MR) is 311 cm³/mol. The molecule has 3 aromatic carbocycles. The molecule has 76 heavy (non-hydrogen) atoms. The normalized spacial score (nSPS) is 12.2. The fourth-order valence-corrected chi connectivity index (χ4v) is 9.89. The van der Waals surface area contributed by atoms with Crippen molar-refractivity contribution in [1.29, 1.82) is 0 Å². The number of nitrogens with one attached hydrogen (secondary N) is 1. The fraction of sp³-hybridized carbons (Fsp3) is 0.481. The van der Waals surface area contributed by atoms with Gasteiger partial charge < -0.3 is 43.2 Å². The van der Waals surface area contributed by atoms with E-state index in [9.17, 15) is 28.8 Å². The molecule has 0 saturated heterocycles. The predicted octanol–water partition coefficient (Wildman–Crippen LogP) is 7.65. The van der Waals surface area contributed by atoms with Crippen LogP contribution in [-0.2, 0) is 43.3 Å². The Balaban J connectivity index is 1.79. The number of hydrogen-bond donors (Lipinski definition) is 1. The molecule has 0 saturated carbocycles. The van der Waals surface area contributed by atoms with Gasteiger partial charge in [-0.15, -0.1) is 0 Å². The Bertz CT molecular complexity index is 2700. The number of nitrogens with zero attached hydrogens (tertiary/aromatic N) is 3. The zero-order valence-electron chi connectivity index (χ0n) is 43.5. The van der Waals surface area contributed by atoms with Crippen LogP contribution in [-0.4, -0.2) is 134 Å². The van der Waals surface area contributed by atoms with Crippen LogP contribution in [0.5, 0.6) is 17.2 Å². The van der Waals surface area contributed by atoms with Crippen LogP contribution in [0.15, 0.2) is 87.2 Å². The smallest absolute Gasteiger partial charge is 0.336 e. The van der Waals surface area contributed by atoms with Crippen molar-refractivity contribution >= 4 is 103 Å². The van der Waals surface area contributed by atoms with Crippen molar-refractivity contribution in [2.45, 2.75) is 90.8 Å². The third kappa shape index (κ3) is 21.4. The highest BCUT2D eigenvalue weighted by Crippen LogP contribution is 2.22. The quantitative estimate of drug-likeness (QED) is 0.0360. The molecule has 18 nitrogen and oxygen atoms in total. The van der Waals surface area contributed by atoms with Gasteiger partial charge in [0.2, 0.25) is 15.3 Å². The summed E-state index contributed by atoms with van der Waals surface area (Å²) in [5.41, 5.74) is -2.04. The van der Waals surface area contributed by atoms with Gasteiger partial charge in [-0.1, -0.05) is 56.1 Å². The molecule has 0 radical (unpaired) electrons. The van der Waals surface area contributed by atoms with Crippen LogP contribution in [0.2, 0.25) is 0 Å². The molecule has 0 aliphatic heterocycles. The van der Waals surface area contributed by atoms with Crippen LogP contribution < -0.4 is 36.6 Å². The van der Waals surface area contributed by atoms with Crippen LogP contribution >= 0.6 is 71.9 Å². The maximum atomic E-state index is 14.9. The lowest BCUT2D eigenvalue weighted by molar-refractivity contribution is 0.0471. The molecule has 0 fully saturated rings. The summed E-state index contributed by atoms with van der Waals surface area (Å²) in [4.78, 5) is 85.2. The van der Waals surface area contributed by atoms with Gasteiger partial charge in [-0.05, 0) is 129 Å². The number of ether oxygens (including phenoxy) is 8. The van der Waals surface area contributed by atoms with Crippen molar-refractivity contribution in [2.24, 2.45) is 0 Å². The van der Waals surface area contributed by atoms with Crippen molar-refractivity contribution in [2.75, 3.05) is 71.6 Å². The minimum Gasteiger partial charge on any atom is -0.497 e. The Labute approximate surface area is 471 Å². The topological polar surface area (TPSA) is 203 Å². The summed E-state index contributed by atoms with van der Waals surface area (Å²) in [6, 6.07) is 19.5. The van der Waals surface area contributed by atoms with E-state index in [0.717, 1.165) is 55.4 Å². The summed E-state index contributed by atoms with van der Waals surface area (Å²) < 4.78 is 47.9. The van der Waals surface area contributed by atoms with Crippen molar-refractivity contribution in [1.82, 2.24) is 19.0 Å². The second-order valence-corrected chi connectivity index (χ2v) is 20.8. The standard InChI is InChI=1S/C52H66N4O14S6/c1-7-24-53-49(73)70-43(34-76-48(59)37-16-22-40(65-6)23-17-37)31-56-51(61)54(29-41(68-44(71)9-3)32-74-46(57)35-12-18-38(63-4)19-13-35)50(60)55(52(56)62)30-42(33-75-47(58)36-14-20-39(64-5)21-15-36)69-45(72)11-10-26-67-28-27-66-25-8-2/h12-23,41-43H,7-11,24-34H2,1-6H3,(H,53,73). The molecule has 0 bridgehead atoms. The first-order valence-corrected chi connectivity index (χ1v) is 28.7. The Kier molecular flexibility index (Phi) is 28.9. The molecule has 1 N–H and O–H groups in total. The number of thioether (sulfide) groups is 3. The fourth-order valence-electron chi connectivity index (χ4n) is 6.79. The lowest BCUT2D eigenvalue weighted by Crippen LogP contribution is -2.58. The molecule has 0 aliphatic rings. The number of benzene rings is 3. The first-order valence-electron chi connectivity index (χ1n) is 24.5. The van der Waals surface area contributed by atoms with Crippen LogP contribution in [0.3, 0.4) is 0 Å². The van der Waals surface area contributed by atoms with Crippen molar-refractivity contribution < 1.29 is 52.3 Å². The average molecular weight is 1160 g/mol. The molecular formula is C52H66N4O14S6. The Morgan fingerprint density at radius 3 is 1.24 bits per heavy atom. The molecule has 0 aliphatic carbocycles. The summed E-state index contributed by atoms with van der Waals surface area (Å²) in [5, 5.41) is 2.23. The minimum atomic E-state index is -1.09. The molecule has 1 heterocycles. The molecule has 4 aromatic rings. The van der Waals surface area contributed by atoms with E-state index in [-0.39, 0.29) is 54.3 Å². The number of carbonyl (C=O) groups excluding carboxylic acids is 3. The molecule has 4 rings (SSSR count). The average Bonchev–Trinajstić information content (AvgIpc) is 3.44. The van der Waals surface area contributed by atoms with Gasteiger partial charge in [0, 0.05) is 66.5 Å². The highest BCUT2D eigenvalue weighted by Gasteiger charge is 2.28. The number of carbonyl (C=O) groups is 3.